The molecule has 2 nitrogen and oxygen atoms in total. The number of hydrogen-bond acceptors (Lipinski definition) is 0. The molecule has 0 unspecified atom stereocenters. The zero-order valence-electron chi connectivity index (χ0n) is 21.9. The van der Waals surface area contributed by atoms with Crippen LogP contribution in [0.15, 0.2) is 158 Å². The summed E-state index contributed by atoms with van der Waals surface area (Å²) in [5, 5.41) is 10.0. The monoisotopic (exact) mass is 510 g/mol. The lowest BCUT2D eigenvalue weighted by Gasteiger charge is -2.19. The quantitative estimate of drug-likeness (QED) is 0.219. The Balaban J connectivity index is 1.67. The SMILES string of the molecule is c1ccc(-n2ccn(-c3ccccc3)c3cc4c5ccccc5c5ccccc5c5ccccc5c4cc32)cc1. The first-order valence-corrected chi connectivity index (χ1v) is 13.7. The molecule has 0 fully saturated rings. The van der Waals surface area contributed by atoms with Gasteiger partial charge in [-0.1, -0.05) is 109 Å². The van der Waals surface area contributed by atoms with E-state index < -0.39 is 0 Å². The number of benzene rings is 6. The summed E-state index contributed by atoms with van der Waals surface area (Å²) in [7, 11) is 0. The van der Waals surface area contributed by atoms with Gasteiger partial charge in [0.15, 0.2) is 0 Å². The van der Waals surface area contributed by atoms with Crippen molar-refractivity contribution >= 4 is 54.1 Å². The molecule has 0 radical (unpaired) electrons. The van der Waals surface area contributed by atoms with Crippen LogP contribution in [0.5, 0.6) is 0 Å². The first kappa shape index (κ1) is 22.6. The van der Waals surface area contributed by atoms with Gasteiger partial charge >= 0.3 is 0 Å². The van der Waals surface area contributed by atoms with Crippen LogP contribution < -0.4 is 0 Å². The molecule has 0 aliphatic heterocycles. The molecule has 0 aliphatic rings. The summed E-state index contributed by atoms with van der Waals surface area (Å²) in [5.74, 6) is 0. The molecule has 0 atom stereocenters. The van der Waals surface area contributed by atoms with Crippen LogP contribution in [0.3, 0.4) is 0 Å². The molecule has 0 saturated carbocycles. The van der Waals surface area contributed by atoms with Crippen molar-refractivity contribution in [2.24, 2.45) is 0 Å². The Morgan fingerprint density at radius 2 is 0.550 bits per heavy atom. The van der Waals surface area contributed by atoms with Crippen LogP contribution in [0, 0.1) is 0 Å². The topological polar surface area (TPSA) is 9.86 Å². The van der Waals surface area contributed by atoms with E-state index in [4.69, 9.17) is 0 Å². The van der Waals surface area contributed by atoms with E-state index in [1.54, 1.807) is 0 Å². The summed E-state index contributed by atoms with van der Waals surface area (Å²) in [6.07, 6.45) is 4.35. The fraction of sp³-hybridized carbons (Fsp3) is 0. The standard InChI is InChI=1S/C38H26N2/c1-3-13-27(14-4-1)39-23-24-40(28-15-5-2-6-16-28)38-26-36-34-22-12-10-20-32(34)30-18-8-7-17-29(30)31-19-9-11-21-33(31)35(36)25-37(38)39/h1-26H. The van der Waals surface area contributed by atoms with Gasteiger partial charge in [0.1, 0.15) is 0 Å². The molecule has 188 valence electrons. The third-order valence-corrected chi connectivity index (χ3v) is 8.01. The van der Waals surface area contributed by atoms with E-state index in [2.05, 4.69) is 167 Å². The van der Waals surface area contributed by atoms with Gasteiger partial charge in [0.25, 0.3) is 0 Å². The van der Waals surface area contributed by atoms with Gasteiger partial charge in [-0.25, -0.2) is 0 Å². The van der Waals surface area contributed by atoms with E-state index in [9.17, 15) is 0 Å². The summed E-state index contributed by atoms with van der Waals surface area (Å²) >= 11 is 0. The minimum atomic E-state index is 1.14. The minimum Gasteiger partial charge on any atom is -0.314 e. The number of rotatable bonds is 2. The fourth-order valence-corrected chi connectivity index (χ4v) is 6.19. The van der Waals surface area contributed by atoms with E-state index in [1.807, 2.05) is 0 Å². The van der Waals surface area contributed by atoms with E-state index >= 15 is 0 Å². The Hall–Kier alpha value is -5.34. The van der Waals surface area contributed by atoms with Gasteiger partial charge in [-0.2, -0.15) is 0 Å². The van der Waals surface area contributed by atoms with Crippen LogP contribution in [0.2, 0.25) is 0 Å². The van der Waals surface area contributed by atoms with Gasteiger partial charge in [-0.15, -0.1) is 0 Å². The lowest BCUT2D eigenvalue weighted by atomic mass is 9.94. The van der Waals surface area contributed by atoms with Crippen LogP contribution in [-0.2, 0) is 0 Å². The number of hydrogen-bond donors (Lipinski definition) is 0. The van der Waals surface area contributed by atoms with Gasteiger partial charge < -0.3 is 9.13 Å². The fourth-order valence-electron chi connectivity index (χ4n) is 6.19. The highest BCUT2D eigenvalue weighted by atomic mass is 15.0. The molecule has 0 bridgehead atoms. The maximum absolute atomic E-state index is 2.39. The first-order chi connectivity index (χ1) is 19.9. The summed E-state index contributed by atoms with van der Waals surface area (Å²) in [6.45, 7) is 0. The average Bonchev–Trinajstić information content (AvgIpc) is 3.04. The number of para-hydroxylation sites is 2. The zero-order valence-corrected chi connectivity index (χ0v) is 21.9. The number of fused-ring (bicyclic) bond motifs is 9. The van der Waals surface area contributed by atoms with Crippen LogP contribution >= 0.6 is 0 Å². The van der Waals surface area contributed by atoms with E-state index in [0.29, 0.717) is 0 Å². The first-order valence-electron chi connectivity index (χ1n) is 13.7. The normalized spacial score (nSPS) is 11.5. The molecule has 0 aliphatic carbocycles. The Kier molecular flexibility index (Phi) is 5.17. The van der Waals surface area contributed by atoms with Crippen molar-refractivity contribution in [1.29, 1.82) is 0 Å². The summed E-state index contributed by atoms with van der Waals surface area (Å²) in [5.41, 5.74) is 4.57. The molecule has 40 heavy (non-hydrogen) atoms. The van der Waals surface area contributed by atoms with Crippen LogP contribution in [0.4, 0.5) is 0 Å². The van der Waals surface area contributed by atoms with Gasteiger partial charge in [0.2, 0.25) is 0 Å². The van der Waals surface area contributed by atoms with Crippen LogP contribution in [-0.4, -0.2) is 9.13 Å². The second-order valence-corrected chi connectivity index (χ2v) is 10.2. The van der Waals surface area contributed by atoms with Gasteiger partial charge in [0, 0.05) is 23.8 Å². The van der Waals surface area contributed by atoms with E-state index in [1.165, 1.54) is 43.1 Å². The molecule has 0 amide bonds. The third-order valence-electron chi connectivity index (χ3n) is 8.01. The molecule has 7 aromatic carbocycles. The Morgan fingerprint density at radius 3 is 0.875 bits per heavy atom. The molecule has 8 rings (SSSR count). The molecular weight excluding hydrogens is 484 g/mol. The maximum Gasteiger partial charge on any atom is 0.0703 e. The number of nitrogens with zero attached hydrogens (tertiary/aromatic N) is 2. The lowest BCUT2D eigenvalue weighted by molar-refractivity contribution is 1.01. The second-order valence-electron chi connectivity index (χ2n) is 10.2. The predicted molar refractivity (Wildman–Crippen MR) is 170 cm³/mol. The predicted octanol–water partition coefficient (Wildman–Crippen LogP) is 10.2. The zero-order chi connectivity index (χ0) is 26.5. The summed E-state index contributed by atoms with van der Waals surface area (Å²) in [6, 6.07) is 52.5. The van der Waals surface area contributed by atoms with Crippen LogP contribution in [0.25, 0.3) is 65.5 Å². The molecule has 2 heteroatoms. The Morgan fingerprint density at radius 1 is 0.275 bits per heavy atom. The van der Waals surface area contributed by atoms with Crippen molar-refractivity contribution < 1.29 is 0 Å². The number of aromatic nitrogens is 2. The minimum absolute atomic E-state index is 1.14. The average molecular weight is 511 g/mol. The van der Waals surface area contributed by atoms with Crippen molar-refractivity contribution in [3.05, 3.63) is 158 Å². The summed E-state index contributed by atoms with van der Waals surface area (Å²) in [4.78, 5) is 0. The highest BCUT2D eigenvalue weighted by molar-refractivity contribution is 6.27. The van der Waals surface area contributed by atoms with Gasteiger partial charge in [0.05, 0.1) is 11.0 Å². The van der Waals surface area contributed by atoms with Crippen molar-refractivity contribution in [1.82, 2.24) is 9.13 Å². The molecule has 1 heterocycles. The Labute approximate surface area is 232 Å². The molecule has 1 aromatic heterocycles. The maximum atomic E-state index is 2.39. The molecule has 8 aromatic rings. The highest BCUT2D eigenvalue weighted by Gasteiger charge is 2.13. The second kappa shape index (κ2) is 9.14. The van der Waals surface area contributed by atoms with Gasteiger partial charge in [-0.05, 0) is 79.5 Å². The third kappa shape index (κ3) is 3.50. The lowest BCUT2D eigenvalue weighted by Crippen LogP contribution is -2.04. The highest BCUT2D eigenvalue weighted by Crippen LogP contribution is 2.37. The summed E-state index contributed by atoms with van der Waals surface area (Å²) < 4.78 is 4.60. The Bertz CT molecular complexity index is 2090. The van der Waals surface area contributed by atoms with Crippen LogP contribution in [0.1, 0.15) is 0 Å². The van der Waals surface area contributed by atoms with Crippen molar-refractivity contribution in [2.45, 2.75) is 0 Å². The molecule has 0 N–H and O–H groups in total. The van der Waals surface area contributed by atoms with Crippen molar-refractivity contribution in [3.63, 3.8) is 0 Å². The van der Waals surface area contributed by atoms with Gasteiger partial charge in [-0.3, -0.25) is 0 Å². The van der Waals surface area contributed by atoms with Crippen molar-refractivity contribution in [2.75, 3.05) is 0 Å². The molecule has 0 saturated heterocycles. The van der Waals surface area contributed by atoms with Crippen molar-refractivity contribution in [3.8, 4) is 11.4 Å². The smallest absolute Gasteiger partial charge is 0.0703 e. The molecular formula is C38H26N2. The largest absolute Gasteiger partial charge is 0.314 e. The van der Waals surface area contributed by atoms with E-state index in [-0.39, 0.29) is 0 Å². The molecule has 0 spiro atoms. The van der Waals surface area contributed by atoms with E-state index in [0.717, 1.165) is 22.4 Å².